The number of amides is 2. The third-order valence-electron chi connectivity index (χ3n) is 6.23. The fraction of sp³-hybridized carbons (Fsp3) is 0.357. The zero-order valence-electron chi connectivity index (χ0n) is 19.7. The largest absolute Gasteiger partial charge is 0.345 e. The van der Waals surface area contributed by atoms with Crippen LogP contribution in [0.25, 0.3) is 0 Å². The van der Waals surface area contributed by atoms with Gasteiger partial charge < -0.3 is 14.4 Å². The van der Waals surface area contributed by atoms with Crippen LogP contribution in [0, 0.1) is 0 Å². The van der Waals surface area contributed by atoms with Crippen molar-refractivity contribution in [3.63, 3.8) is 0 Å². The van der Waals surface area contributed by atoms with E-state index in [2.05, 4.69) is 51.8 Å². The molecule has 0 atom stereocenters. The number of carbonyl (C=O) groups is 2. The third kappa shape index (κ3) is 6.38. The summed E-state index contributed by atoms with van der Waals surface area (Å²) in [6, 6.07) is 22.1. The third-order valence-corrected chi connectivity index (χ3v) is 6.72. The first-order valence-corrected chi connectivity index (χ1v) is 12.9. The molecule has 0 unspecified atom stereocenters. The van der Waals surface area contributed by atoms with E-state index in [1.165, 1.54) is 5.56 Å². The van der Waals surface area contributed by atoms with E-state index in [9.17, 15) is 9.59 Å². The molecule has 0 spiro atoms. The number of aromatic nitrogens is 1. The maximum atomic E-state index is 13.5. The maximum Gasteiger partial charge on any atom is 0.254 e. The lowest BCUT2D eigenvalue weighted by molar-refractivity contribution is -0.133. The molecular weight excluding hydrogens is 490 g/mol. The Morgan fingerprint density at radius 3 is 2.53 bits per heavy atom. The SMILES string of the molecule is CCCCN(CC(=O)N(Cc1cccn1Cc1ccccc1)C1CC1)C(=O)c1cccc(Br)c1. The number of nitrogens with zero attached hydrogens (tertiary/aromatic N) is 3. The Morgan fingerprint density at radius 1 is 1.03 bits per heavy atom. The lowest BCUT2D eigenvalue weighted by atomic mass is 10.2. The van der Waals surface area contributed by atoms with Crippen molar-refractivity contribution < 1.29 is 9.59 Å². The fourth-order valence-electron chi connectivity index (χ4n) is 4.17. The smallest absolute Gasteiger partial charge is 0.254 e. The van der Waals surface area contributed by atoms with Gasteiger partial charge in [0.05, 0.1) is 6.54 Å². The summed E-state index contributed by atoms with van der Waals surface area (Å²) in [5.74, 6) is -0.0688. The van der Waals surface area contributed by atoms with Crippen molar-refractivity contribution in [1.82, 2.24) is 14.4 Å². The van der Waals surface area contributed by atoms with Crippen LogP contribution in [0.15, 0.2) is 77.4 Å². The summed E-state index contributed by atoms with van der Waals surface area (Å²) >= 11 is 3.45. The minimum Gasteiger partial charge on any atom is -0.345 e. The van der Waals surface area contributed by atoms with Crippen molar-refractivity contribution >= 4 is 27.7 Å². The predicted molar refractivity (Wildman–Crippen MR) is 139 cm³/mol. The highest BCUT2D eigenvalue weighted by atomic mass is 79.9. The van der Waals surface area contributed by atoms with Crippen molar-refractivity contribution in [3.05, 3.63) is 94.2 Å². The maximum absolute atomic E-state index is 13.5. The lowest BCUT2D eigenvalue weighted by Crippen LogP contribution is -2.44. The molecule has 1 fully saturated rings. The molecule has 1 aromatic heterocycles. The summed E-state index contributed by atoms with van der Waals surface area (Å²) in [5, 5.41) is 0. The number of rotatable bonds is 11. The molecule has 2 amide bonds. The van der Waals surface area contributed by atoms with Crippen LogP contribution in [0.1, 0.15) is 54.2 Å². The Morgan fingerprint density at radius 2 is 1.82 bits per heavy atom. The predicted octanol–water partition coefficient (Wildman–Crippen LogP) is 5.73. The van der Waals surface area contributed by atoms with Gasteiger partial charge in [0.25, 0.3) is 5.91 Å². The Labute approximate surface area is 210 Å². The molecule has 0 N–H and O–H groups in total. The minimum atomic E-state index is -0.0914. The van der Waals surface area contributed by atoms with E-state index in [4.69, 9.17) is 0 Å². The molecule has 34 heavy (non-hydrogen) atoms. The zero-order chi connectivity index (χ0) is 23.9. The molecule has 6 heteroatoms. The van der Waals surface area contributed by atoms with E-state index in [-0.39, 0.29) is 24.4 Å². The molecule has 0 saturated heterocycles. The van der Waals surface area contributed by atoms with Crippen molar-refractivity contribution in [3.8, 4) is 0 Å². The standard InChI is InChI=1S/C28H32BrN3O2/c1-2-3-16-31(28(34)23-11-7-12-24(29)18-23)21-27(33)32(25-14-15-25)20-26-13-8-17-30(26)19-22-9-5-4-6-10-22/h4-13,17-18,25H,2-3,14-16,19-21H2,1H3. The number of unbranched alkanes of at least 4 members (excludes halogenated alkanes) is 1. The van der Waals surface area contributed by atoms with Gasteiger partial charge in [0.15, 0.2) is 0 Å². The number of hydrogen-bond donors (Lipinski definition) is 0. The molecule has 1 aliphatic rings. The Balaban J connectivity index is 1.48. The molecule has 4 rings (SSSR count). The molecule has 3 aromatic rings. The van der Waals surface area contributed by atoms with Gasteiger partial charge in [-0.05, 0) is 55.2 Å². The average Bonchev–Trinajstić information content (AvgIpc) is 3.60. The summed E-state index contributed by atoms with van der Waals surface area (Å²) in [5.41, 5.74) is 2.95. The normalized spacial score (nSPS) is 13.0. The van der Waals surface area contributed by atoms with Gasteiger partial charge in [-0.2, -0.15) is 0 Å². The molecule has 1 heterocycles. The van der Waals surface area contributed by atoms with Gasteiger partial charge in [0.1, 0.15) is 6.54 Å². The molecule has 0 aliphatic heterocycles. The van der Waals surface area contributed by atoms with Gasteiger partial charge in [0, 0.05) is 41.1 Å². The molecule has 178 valence electrons. The van der Waals surface area contributed by atoms with Crippen LogP contribution in [0.3, 0.4) is 0 Å². The Kier molecular flexibility index (Phi) is 8.22. The molecule has 2 aromatic carbocycles. The number of carbonyl (C=O) groups excluding carboxylic acids is 2. The highest BCUT2D eigenvalue weighted by Gasteiger charge is 2.34. The first-order valence-electron chi connectivity index (χ1n) is 12.1. The van der Waals surface area contributed by atoms with E-state index in [0.717, 1.165) is 42.4 Å². The van der Waals surface area contributed by atoms with Gasteiger partial charge >= 0.3 is 0 Å². The fourth-order valence-corrected chi connectivity index (χ4v) is 4.57. The van der Waals surface area contributed by atoms with E-state index < -0.39 is 0 Å². The van der Waals surface area contributed by atoms with Crippen molar-refractivity contribution in [1.29, 1.82) is 0 Å². The summed E-state index contributed by atoms with van der Waals surface area (Å²) in [7, 11) is 0. The van der Waals surface area contributed by atoms with Crippen molar-refractivity contribution in [2.24, 2.45) is 0 Å². The van der Waals surface area contributed by atoms with Crippen LogP contribution in [0.2, 0.25) is 0 Å². The Bertz CT molecular complexity index is 1110. The molecule has 5 nitrogen and oxygen atoms in total. The number of hydrogen-bond acceptors (Lipinski definition) is 2. The topological polar surface area (TPSA) is 45.6 Å². The van der Waals surface area contributed by atoms with Crippen LogP contribution in [-0.4, -0.2) is 45.3 Å². The second-order valence-corrected chi connectivity index (χ2v) is 9.87. The van der Waals surface area contributed by atoms with E-state index in [1.807, 2.05) is 53.4 Å². The van der Waals surface area contributed by atoms with Gasteiger partial charge in [0.2, 0.25) is 5.91 Å². The van der Waals surface area contributed by atoms with E-state index in [0.29, 0.717) is 18.7 Å². The monoisotopic (exact) mass is 521 g/mol. The number of halogens is 1. The second-order valence-electron chi connectivity index (χ2n) is 8.96. The molecule has 1 aliphatic carbocycles. The molecular formula is C28H32BrN3O2. The lowest BCUT2D eigenvalue weighted by Gasteiger charge is -2.28. The zero-order valence-corrected chi connectivity index (χ0v) is 21.3. The van der Waals surface area contributed by atoms with Gasteiger partial charge in [-0.25, -0.2) is 0 Å². The van der Waals surface area contributed by atoms with Crippen molar-refractivity contribution in [2.45, 2.75) is 51.7 Å². The summed E-state index contributed by atoms with van der Waals surface area (Å²) in [6.45, 7) is 4.13. The van der Waals surface area contributed by atoms with Crippen LogP contribution in [0.4, 0.5) is 0 Å². The molecule has 0 bridgehead atoms. The quantitative estimate of drug-likeness (QED) is 0.323. The summed E-state index contributed by atoms with van der Waals surface area (Å²) < 4.78 is 3.07. The Hall–Kier alpha value is -2.86. The summed E-state index contributed by atoms with van der Waals surface area (Å²) in [4.78, 5) is 30.5. The molecule has 1 saturated carbocycles. The van der Waals surface area contributed by atoms with Gasteiger partial charge in [-0.3, -0.25) is 9.59 Å². The minimum absolute atomic E-state index is 0.0226. The van der Waals surface area contributed by atoms with Crippen molar-refractivity contribution in [2.75, 3.05) is 13.1 Å². The van der Waals surface area contributed by atoms with E-state index >= 15 is 0 Å². The average molecular weight is 522 g/mol. The first kappa shape index (κ1) is 24.3. The highest BCUT2D eigenvalue weighted by molar-refractivity contribution is 9.10. The van der Waals surface area contributed by atoms with E-state index in [1.54, 1.807) is 4.90 Å². The van der Waals surface area contributed by atoms with Crippen LogP contribution >= 0.6 is 15.9 Å². The van der Waals surface area contributed by atoms with Crippen LogP contribution in [-0.2, 0) is 17.9 Å². The second kappa shape index (κ2) is 11.5. The highest BCUT2D eigenvalue weighted by Crippen LogP contribution is 2.29. The van der Waals surface area contributed by atoms with Gasteiger partial charge in [-0.1, -0.05) is 65.7 Å². The van der Waals surface area contributed by atoms with Crippen LogP contribution < -0.4 is 0 Å². The first-order chi connectivity index (χ1) is 16.5. The number of benzene rings is 2. The van der Waals surface area contributed by atoms with Gasteiger partial charge in [-0.15, -0.1) is 0 Å². The molecule has 0 radical (unpaired) electrons. The summed E-state index contributed by atoms with van der Waals surface area (Å²) in [6.07, 6.45) is 5.97. The van der Waals surface area contributed by atoms with Crippen LogP contribution in [0.5, 0.6) is 0 Å².